The van der Waals surface area contributed by atoms with Crippen molar-refractivity contribution < 1.29 is 9.90 Å². The molecule has 0 saturated carbocycles. The van der Waals surface area contributed by atoms with Crippen LogP contribution >= 0.6 is 11.6 Å². The van der Waals surface area contributed by atoms with Crippen molar-refractivity contribution in [1.82, 2.24) is 9.97 Å². The average molecular weight is 225 g/mol. The smallest absolute Gasteiger partial charge is 0.227 e. The van der Waals surface area contributed by atoms with Gasteiger partial charge >= 0.3 is 0 Å². The largest absolute Gasteiger partial charge is 0.497 e. The topological polar surface area (TPSA) is 63.1 Å². The number of aromatic nitrogens is 2. The Labute approximate surface area is 91.6 Å². The van der Waals surface area contributed by atoms with Crippen molar-refractivity contribution >= 4 is 23.3 Å². The minimum atomic E-state index is -0.488. The fourth-order valence-electron chi connectivity index (χ4n) is 1.81. The molecule has 0 aromatic carbocycles. The summed E-state index contributed by atoms with van der Waals surface area (Å²) in [4.78, 5) is 18.3. The first kappa shape index (κ1) is 10.1. The number of rotatable bonds is 1. The van der Waals surface area contributed by atoms with E-state index in [2.05, 4.69) is 9.97 Å². The number of aliphatic hydroxyl groups excluding tert-OH is 1. The molecular weight excluding hydrogens is 216 g/mol. The van der Waals surface area contributed by atoms with Crippen LogP contribution in [-0.4, -0.2) is 21.0 Å². The summed E-state index contributed by atoms with van der Waals surface area (Å²) in [6.45, 7) is 0. The van der Waals surface area contributed by atoms with Crippen molar-refractivity contribution in [1.29, 1.82) is 0 Å². The van der Waals surface area contributed by atoms with Gasteiger partial charge < -0.3 is 5.11 Å². The third-order valence-corrected chi connectivity index (χ3v) is 2.65. The van der Waals surface area contributed by atoms with Crippen molar-refractivity contribution in [3.63, 3.8) is 0 Å². The Morgan fingerprint density at radius 3 is 2.80 bits per heavy atom. The maximum atomic E-state index is 10.4. The van der Waals surface area contributed by atoms with Crippen molar-refractivity contribution in [2.75, 3.05) is 0 Å². The van der Waals surface area contributed by atoms with E-state index in [0.717, 1.165) is 36.9 Å². The van der Waals surface area contributed by atoms with E-state index in [0.29, 0.717) is 0 Å². The highest BCUT2D eigenvalue weighted by atomic mass is 35.5. The molecule has 0 fully saturated rings. The molecule has 1 aliphatic carbocycles. The van der Waals surface area contributed by atoms with Gasteiger partial charge in [0.1, 0.15) is 5.69 Å². The summed E-state index contributed by atoms with van der Waals surface area (Å²) in [6, 6.07) is 0. The number of halogens is 1. The number of nitrogens with zero attached hydrogens (tertiary/aromatic N) is 2. The molecule has 0 spiro atoms. The quantitative estimate of drug-likeness (QED) is 0.448. The molecule has 0 radical (unpaired) electrons. The molecule has 1 aliphatic rings. The Morgan fingerprint density at radius 1 is 1.33 bits per heavy atom. The van der Waals surface area contributed by atoms with Crippen LogP contribution in [-0.2, 0) is 17.6 Å². The molecule has 0 saturated heterocycles. The molecule has 0 aliphatic heterocycles. The lowest BCUT2D eigenvalue weighted by atomic mass is 9.94. The van der Waals surface area contributed by atoms with Crippen molar-refractivity contribution in [2.24, 2.45) is 0 Å². The minimum absolute atomic E-state index is 0.0625. The third-order valence-electron chi connectivity index (χ3n) is 2.48. The monoisotopic (exact) mass is 224 g/mol. The highest BCUT2D eigenvalue weighted by Crippen LogP contribution is 2.25. The lowest BCUT2D eigenvalue weighted by Gasteiger charge is -2.16. The van der Waals surface area contributed by atoms with Gasteiger partial charge in [-0.3, -0.25) is 0 Å². The van der Waals surface area contributed by atoms with Gasteiger partial charge in [-0.1, -0.05) is 0 Å². The fourth-order valence-corrected chi connectivity index (χ4v) is 1.99. The number of fused-ring (bicyclic) bond motifs is 1. The Hall–Kier alpha value is -1.38. The predicted molar refractivity (Wildman–Crippen MR) is 55.4 cm³/mol. The van der Waals surface area contributed by atoms with E-state index in [9.17, 15) is 9.90 Å². The zero-order valence-corrected chi connectivity index (χ0v) is 8.71. The fraction of sp³-hybridized carbons (Fsp3) is 0.400. The van der Waals surface area contributed by atoms with Gasteiger partial charge in [-0.15, -0.1) is 0 Å². The number of hydrogen-bond donors (Lipinski definition) is 1. The Kier molecular flexibility index (Phi) is 2.71. The molecule has 1 aromatic rings. The first-order chi connectivity index (χ1) is 7.22. The summed E-state index contributed by atoms with van der Waals surface area (Å²) in [5, 5.41) is 9.42. The standard InChI is InChI=1S/C10H9ClN2O2/c11-10-12-7-4-2-1-3-6(7)9(13-10)8(15)5-14/h15H,1-4H2. The SMILES string of the molecule is O=C=C(O)c1nc(Cl)nc2c1CCCC2. The van der Waals surface area contributed by atoms with Crippen LogP contribution in [0.2, 0.25) is 5.28 Å². The van der Waals surface area contributed by atoms with E-state index in [4.69, 9.17) is 11.6 Å². The Bertz CT molecular complexity index is 453. The maximum absolute atomic E-state index is 10.4. The highest BCUT2D eigenvalue weighted by Gasteiger charge is 2.19. The molecule has 0 unspecified atom stereocenters. The van der Waals surface area contributed by atoms with E-state index in [-0.39, 0.29) is 11.0 Å². The van der Waals surface area contributed by atoms with Gasteiger partial charge in [-0.05, 0) is 37.3 Å². The zero-order valence-electron chi connectivity index (χ0n) is 7.96. The van der Waals surface area contributed by atoms with E-state index < -0.39 is 5.76 Å². The van der Waals surface area contributed by atoms with Crippen LogP contribution < -0.4 is 0 Å². The van der Waals surface area contributed by atoms with E-state index in [1.165, 1.54) is 5.94 Å². The molecule has 78 valence electrons. The Morgan fingerprint density at radius 2 is 2.07 bits per heavy atom. The van der Waals surface area contributed by atoms with Gasteiger partial charge in [0.05, 0.1) is 0 Å². The van der Waals surface area contributed by atoms with Crippen LogP contribution in [0.5, 0.6) is 0 Å². The van der Waals surface area contributed by atoms with Crippen molar-refractivity contribution in [2.45, 2.75) is 25.7 Å². The minimum Gasteiger partial charge on any atom is -0.497 e. The molecule has 5 heteroatoms. The first-order valence-electron chi connectivity index (χ1n) is 4.72. The van der Waals surface area contributed by atoms with Crippen molar-refractivity contribution in [3.8, 4) is 0 Å². The van der Waals surface area contributed by atoms with Gasteiger partial charge in [-0.25, -0.2) is 14.8 Å². The summed E-state index contributed by atoms with van der Waals surface area (Å²) in [5.41, 5.74) is 1.89. The summed E-state index contributed by atoms with van der Waals surface area (Å²) < 4.78 is 0. The number of aliphatic hydroxyl groups is 1. The summed E-state index contributed by atoms with van der Waals surface area (Å²) in [5.74, 6) is 0.943. The molecule has 4 nitrogen and oxygen atoms in total. The van der Waals surface area contributed by atoms with Crippen LogP contribution in [0.15, 0.2) is 0 Å². The third kappa shape index (κ3) is 1.87. The van der Waals surface area contributed by atoms with Crippen LogP contribution in [0.25, 0.3) is 5.76 Å². The van der Waals surface area contributed by atoms with Gasteiger partial charge in [0.25, 0.3) is 0 Å². The van der Waals surface area contributed by atoms with Crippen LogP contribution in [0.4, 0.5) is 0 Å². The summed E-state index contributed by atoms with van der Waals surface area (Å²) >= 11 is 5.71. The predicted octanol–water partition coefficient (Wildman–Crippen LogP) is 1.74. The summed E-state index contributed by atoms with van der Waals surface area (Å²) in [6.07, 6.45) is 3.65. The van der Waals surface area contributed by atoms with Crippen molar-refractivity contribution in [3.05, 3.63) is 22.2 Å². The molecule has 2 rings (SSSR count). The molecule has 1 aromatic heterocycles. The molecule has 15 heavy (non-hydrogen) atoms. The van der Waals surface area contributed by atoms with Gasteiger partial charge in [0, 0.05) is 11.3 Å². The van der Waals surface area contributed by atoms with Crippen LogP contribution in [0.1, 0.15) is 29.8 Å². The zero-order chi connectivity index (χ0) is 10.8. The highest BCUT2D eigenvalue weighted by molar-refractivity contribution is 6.28. The van der Waals surface area contributed by atoms with Crippen LogP contribution in [0.3, 0.4) is 0 Å². The van der Waals surface area contributed by atoms with Gasteiger partial charge in [0.2, 0.25) is 11.0 Å². The second kappa shape index (κ2) is 4.01. The molecule has 0 amide bonds. The lowest BCUT2D eigenvalue weighted by Crippen LogP contribution is -2.11. The van der Waals surface area contributed by atoms with Crippen LogP contribution in [0, 0.1) is 0 Å². The first-order valence-corrected chi connectivity index (χ1v) is 5.10. The maximum Gasteiger partial charge on any atom is 0.227 e. The summed E-state index contributed by atoms with van der Waals surface area (Å²) in [7, 11) is 0. The second-order valence-corrected chi connectivity index (χ2v) is 3.76. The molecule has 1 heterocycles. The van der Waals surface area contributed by atoms with Gasteiger partial charge in [-0.2, -0.15) is 0 Å². The Balaban J connectivity index is 2.62. The molecule has 0 bridgehead atoms. The number of aryl methyl sites for hydroxylation is 1. The lowest BCUT2D eigenvalue weighted by molar-refractivity contribution is 0.497. The van der Waals surface area contributed by atoms with E-state index >= 15 is 0 Å². The molecule has 1 N–H and O–H groups in total. The number of carbonyl (C=O) groups excluding carboxylic acids is 1. The number of hydrogen-bond acceptors (Lipinski definition) is 4. The average Bonchev–Trinajstić information content (AvgIpc) is 2.26. The second-order valence-electron chi connectivity index (χ2n) is 3.42. The molecular formula is C10H9ClN2O2. The van der Waals surface area contributed by atoms with E-state index in [1.807, 2.05) is 0 Å². The molecule has 0 atom stereocenters. The normalized spacial score (nSPS) is 14.2. The van der Waals surface area contributed by atoms with Gasteiger partial charge in [0.15, 0.2) is 5.94 Å². The van der Waals surface area contributed by atoms with E-state index in [1.54, 1.807) is 0 Å².